The van der Waals surface area contributed by atoms with Crippen molar-refractivity contribution in [1.82, 2.24) is 19.8 Å². The van der Waals surface area contributed by atoms with Crippen LogP contribution in [0, 0.1) is 5.41 Å². The molecule has 0 N–H and O–H groups in total. The fraction of sp³-hybridized carbons (Fsp3) is 0.684. The lowest BCUT2D eigenvalue weighted by Gasteiger charge is -2.27. The van der Waals surface area contributed by atoms with Gasteiger partial charge in [0.1, 0.15) is 5.82 Å². The number of rotatable bonds is 2. The highest BCUT2D eigenvalue weighted by atomic mass is 16.2. The molecule has 136 valence electrons. The molecule has 0 saturated carbocycles. The van der Waals surface area contributed by atoms with E-state index in [0.29, 0.717) is 19.5 Å². The van der Waals surface area contributed by atoms with Crippen LogP contribution in [0.25, 0.3) is 0 Å². The fourth-order valence-electron chi connectivity index (χ4n) is 3.56. The summed E-state index contributed by atoms with van der Waals surface area (Å²) in [5, 5.41) is 0. The number of aromatic nitrogens is 2. The lowest BCUT2D eigenvalue weighted by Crippen LogP contribution is -2.35. The summed E-state index contributed by atoms with van der Waals surface area (Å²) in [5.74, 6) is 1.39. The highest BCUT2D eigenvalue weighted by Gasteiger charge is 2.31. The zero-order chi connectivity index (χ0) is 18.2. The number of nitrogens with zero attached hydrogens (tertiary/aromatic N) is 4. The first-order valence-electron chi connectivity index (χ1n) is 9.11. The van der Waals surface area contributed by atoms with Crippen LogP contribution in [0.2, 0.25) is 0 Å². The summed E-state index contributed by atoms with van der Waals surface area (Å²) in [5.41, 5.74) is 2.12. The highest BCUT2D eigenvalue weighted by Crippen LogP contribution is 2.29. The molecule has 0 unspecified atom stereocenters. The third-order valence-electron chi connectivity index (χ3n) is 4.99. The van der Waals surface area contributed by atoms with Gasteiger partial charge >= 0.3 is 0 Å². The van der Waals surface area contributed by atoms with Crippen molar-refractivity contribution in [2.75, 3.05) is 19.6 Å². The zero-order valence-electron chi connectivity index (χ0n) is 15.7. The van der Waals surface area contributed by atoms with Gasteiger partial charge in [0.15, 0.2) is 0 Å². The van der Waals surface area contributed by atoms with Crippen LogP contribution < -0.4 is 0 Å². The van der Waals surface area contributed by atoms with E-state index in [2.05, 4.69) is 25.8 Å². The smallest absolute Gasteiger partial charge is 0.223 e. The van der Waals surface area contributed by atoms with Gasteiger partial charge in [-0.2, -0.15) is 0 Å². The van der Waals surface area contributed by atoms with Crippen molar-refractivity contribution < 1.29 is 9.59 Å². The SMILES string of the molecule is CC(=O)N1CCc2nc([C@@H]3CCN(C(=O)CC(C)(C)C)C3)ncc2C1. The van der Waals surface area contributed by atoms with Crippen LogP contribution in [0.4, 0.5) is 0 Å². The second kappa shape index (κ2) is 6.73. The van der Waals surface area contributed by atoms with Gasteiger partial charge in [-0.15, -0.1) is 0 Å². The van der Waals surface area contributed by atoms with Gasteiger partial charge in [-0.25, -0.2) is 9.97 Å². The quantitative estimate of drug-likeness (QED) is 0.824. The molecule has 1 aromatic heterocycles. The Bertz CT molecular complexity index is 680. The third-order valence-corrected chi connectivity index (χ3v) is 4.99. The molecule has 1 saturated heterocycles. The van der Waals surface area contributed by atoms with E-state index in [1.54, 1.807) is 6.92 Å². The van der Waals surface area contributed by atoms with Gasteiger partial charge in [0, 0.05) is 63.6 Å². The molecule has 3 heterocycles. The molecular weight excluding hydrogens is 316 g/mol. The first-order chi connectivity index (χ1) is 11.7. The van der Waals surface area contributed by atoms with Crippen LogP contribution in [0.3, 0.4) is 0 Å². The summed E-state index contributed by atoms with van der Waals surface area (Å²) < 4.78 is 0. The predicted molar refractivity (Wildman–Crippen MR) is 94.8 cm³/mol. The Kier molecular flexibility index (Phi) is 4.80. The second-order valence-corrected chi connectivity index (χ2v) is 8.45. The number of likely N-dealkylation sites (tertiary alicyclic amines) is 1. The van der Waals surface area contributed by atoms with Crippen LogP contribution in [0.1, 0.15) is 63.5 Å². The summed E-state index contributed by atoms with van der Waals surface area (Å²) in [6.07, 6.45) is 4.15. The van der Waals surface area contributed by atoms with Crippen LogP contribution >= 0.6 is 0 Å². The van der Waals surface area contributed by atoms with Gasteiger partial charge < -0.3 is 9.80 Å². The van der Waals surface area contributed by atoms with E-state index in [-0.39, 0.29) is 23.1 Å². The van der Waals surface area contributed by atoms with Gasteiger partial charge in [-0.3, -0.25) is 9.59 Å². The van der Waals surface area contributed by atoms with Crippen molar-refractivity contribution in [3.63, 3.8) is 0 Å². The molecule has 1 atom stereocenters. The van der Waals surface area contributed by atoms with Crippen molar-refractivity contribution in [2.45, 2.75) is 59.4 Å². The largest absolute Gasteiger partial charge is 0.342 e. The standard InChI is InChI=1S/C19H28N4O2/c1-13(24)22-8-6-16-15(12-22)10-20-18(21-16)14-5-7-23(11-14)17(25)9-19(2,3)4/h10,14H,5-9,11-12H2,1-4H3/t14-/m1/s1. The van der Waals surface area contributed by atoms with Crippen molar-refractivity contribution in [1.29, 1.82) is 0 Å². The molecule has 0 radical (unpaired) electrons. The number of hydrogen-bond acceptors (Lipinski definition) is 4. The Balaban J connectivity index is 1.66. The van der Waals surface area contributed by atoms with Crippen molar-refractivity contribution in [3.8, 4) is 0 Å². The average molecular weight is 344 g/mol. The maximum absolute atomic E-state index is 12.4. The van der Waals surface area contributed by atoms with Gasteiger partial charge in [0.05, 0.1) is 5.69 Å². The normalized spacial score (nSPS) is 20.6. The molecule has 2 aliphatic rings. The summed E-state index contributed by atoms with van der Waals surface area (Å²) in [6, 6.07) is 0. The summed E-state index contributed by atoms with van der Waals surface area (Å²) in [4.78, 5) is 37.1. The van der Waals surface area contributed by atoms with Crippen LogP contribution in [0.5, 0.6) is 0 Å². The number of carbonyl (C=O) groups excluding carboxylic acids is 2. The maximum atomic E-state index is 12.4. The Morgan fingerprint density at radius 2 is 2.00 bits per heavy atom. The minimum atomic E-state index is 0.0140. The molecule has 1 aromatic rings. The maximum Gasteiger partial charge on any atom is 0.223 e. The van der Waals surface area contributed by atoms with Gasteiger partial charge in [0.25, 0.3) is 0 Å². The minimum Gasteiger partial charge on any atom is -0.342 e. The first-order valence-corrected chi connectivity index (χ1v) is 9.11. The van der Waals surface area contributed by atoms with Gasteiger partial charge in [-0.05, 0) is 11.8 Å². The molecule has 0 bridgehead atoms. The Labute approximate surface area is 149 Å². The van der Waals surface area contributed by atoms with E-state index in [1.165, 1.54) is 0 Å². The Morgan fingerprint density at radius 3 is 2.68 bits per heavy atom. The van der Waals surface area contributed by atoms with Crippen LogP contribution in [-0.4, -0.2) is 51.2 Å². The molecule has 3 rings (SSSR count). The lowest BCUT2D eigenvalue weighted by atomic mass is 9.92. The van der Waals surface area contributed by atoms with E-state index in [9.17, 15) is 9.59 Å². The molecular formula is C19H28N4O2. The van der Waals surface area contributed by atoms with E-state index in [1.807, 2.05) is 16.0 Å². The monoisotopic (exact) mass is 344 g/mol. The molecule has 6 heteroatoms. The third kappa shape index (κ3) is 4.17. The minimum absolute atomic E-state index is 0.0140. The fourth-order valence-corrected chi connectivity index (χ4v) is 3.56. The van der Waals surface area contributed by atoms with E-state index >= 15 is 0 Å². The summed E-state index contributed by atoms with van der Waals surface area (Å²) >= 11 is 0. The molecule has 0 aliphatic carbocycles. The van der Waals surface area contributed by atoms with E-state index in [0.717, 1.165) is 43.0 Å². The lowest BCUT2D eigenvalue weighted by molar-refractivity contribution is -0.132. The predicted octanol–water partition coefficient (Wildman–Crippen LogP) is 2.13. The van der Waals surface area contributed by atoms with Gasteiger partial charge in [-0.1, -0.05) is 20.8 Å². The van der Waals surface area contributed by atoms with Crippen LogP contribution in [-0.2, 0) is 22.6 Å². The number of carbonyl (C=O) groups is 2. The Hall–Kier alpha value is -1.98. The highest BCUT2D eigenvalue weighted by molar-refractivity contribution is 5.77. The number of fused-ring (bicyclic) bond motifs is 1. The summed E-state index contributed by atoms with van der Waals surface area (Å²) in [6.45, 7) is 10.7. The molecule has 2 aliphatic heterocycles. The topological polar surface area (TPSA) is 66.4 Å². The van der Waals surface area contributed by atoms with Crippen molar-refractivity contribution in [3.05, 3.63) is 23.3 Å². The average Bonchev–Trinajstić information content (AvgIpc) is 3.02. The van der Waals surface area contributed by atoms with E-state index in [4.69, 9.17) is 4.98 Å². The Morgan fingerprint density at radius 1 is 1.24 bits per heavy atom. The zero-order valence-corrected chi connectivity index (χ0v) is 15.7. The molecule has 0 aromatic carbocycles. The van der Waals surface area contributed by atoms with Crippen LogP contribution in [0.15, 0.2) is 6.20 Å². The molecule has 2 amide bonds. The first kappa shape index (κ1) is 17.8. The van der Waals surface area contributed by atoms with Crippen molar-refractivity contribution in [2.24, 2.45) is 5.41 Å². The molecule has 0 spiro atoms. The van der Waals surface area contributed by atoms with E-state index < -0.39 is 0 Å². The summed E-state index contributed by atoms with van der Waals surface area (Å²) in [7, 11) is 0. The molecule has 25 heavy (non-hydrogen) atoms. The second-order valence-electron chi connectivity index (χ2n) is 8.45. The number of amides is 2. The molecule has 1 fully saturated rings. The number of hydrogen-bond donors (Lipinski definition) is 0. The van der Waals surface area contributed by atoms with Gasteiger partial charge in [0.2, 0.25) is 11.8 Å². The van der Waals surface area contributed by atoms with Crippen molar-refractivity contribution >= 4 is 11.8 Å². The molecule has 6 nitrogen and oxygen atoms in total.